The third-order valence-electron chi connectivity index (χ3n) is 5.73. The van der Waals surface area contributed by atoms with Crippen LogP contribution in [-0.2, 0) is 17.7 Å². The summed E-state index contributed by atoms with van der Waals surface area (Å²) in [4.78, 5) is 39.3. The van der Waals surface area contributed by atoms with Gasteiger partial charge in [-0.2, -0.15) is 0 Å². The van der Waals surface area contributed by atoms with Gasteiger partial charge in [0.2, 0.25) is 0 Å². The van der Waals surface area contributed by atoms with Crippen molar-refractivity contribution < 1.29 is 19.0 Å². The number of carbonyl (C=O) groups is 1. The number of amides is 1. The smallest absolute Gasteiger partial charge is 0.413 e. The Morgan fingerprint density at radius 1 is 1.05 bits per heavy atom. The molecule has 1 amide bonds. The fourth-order valence-electron chi connectivity index (χ4n) is 3.97. The molecular formula is C28H31N5O5S. The van der Waals surface area contributed by atoms with Crippen LogP contribution in [-0.4, -0.2) is 51.7 Å². The number of fused-ring (bicyclic) bond motifs is 1. The van der Waals surface area contributed by atoms with Gasteiger partial charge in [-0.25, -0.2) is 19.7 Å². The molecule has 0 radical (unpaired) electrons. The molecule has 4 aromatic rings. The van der Waals surface area contributed by atoms with Gasteiger partial charge in [-0.15, -0.1) is 0 Å². The van der Waals surface area contributed by atoms with Crippen molar-refractivity contribution in [2.24, 2.45) is 0 Å². The van der Waals surface area contributed by atoms with Crippen LogP contribution in [0.3, 0.4) is 0 Å². The summed E-state index contributed by atoms with van der Waals surface area (Å²) in [6.07, 6.45) is 5.12. The zero-order chi connectivity index (χ0) is 28.2. The van der Waals surface area contributed by atoms with E-state index in [1.165, 1.54) is 11.8 Å². The third-order valence-corrected chi connectivity index (χ3v) is 6.29. The first-order chi connectivity index (χ1) is 18.6. The topological polar surface area (TPSA) is 117 Å². The number of nitrogens with zero attached hydrogens (tertiary/aromatic N) is 4. The molecule has 10 nitrogen and oxygen atoms in total. The van der Waals surface area contributed by atoms with E-state index in [1.54, 1.807) is 82.3 Å². The van der Waals surface area contributed by atoms with E-state index in [1.807, 2.05) is 12.3 Å². The van der Waals surface area contributed by atoms with Gasteiger partial charge in [0.25, 0.3) is 5.56 Å². The first kappa shape index (κ1) is 27.9. The van der Waals surface area contributed by atoms with Crippen molar-refractivity contribution in [2.45, 2.75) is 44.5 Å². The minimum Gasteiger partial charge on any atom is -0.497 e. The van der Waals surface area contributed by atoms with E-state index < -0.39 is 11.7 Å². The summed E-state index contributed by atoms with van der Waals surface area (Å²) >= 11 is 1.40. The van der Waals surface area contributed by atoms with Gasteiger partial charge in [0.15, 0.2) is 5.16 Å². The maximum atomic E-state index is 13.9. The average Bonchev–Trinajstić information content (AvgIpc) is 2.90. The maximum absolute atomic E-state index is 13.9. The minimum absolute atomic E-state index is 0.204. The van der Waals surface area contributed by atoms with E-state index in [9.17, 15) is 9.59 Å². The molecule has 0 bridgehead atoms. The van der Waals surface area contributed by atoms with Gasteiger partial charge in [0.05, 0.1) is 14.2 Å². The van der Waals surface area contributed by atoms with Crippen LogP contribution in [0.15, 0.2) is 58.7 Å². The molecule has 11 heteroatoms. The van der Waals surface area contributed by atoms with E-state index in [4.69, 9.17) is 14.2 Å². The number of pyridine rings is 2. The molecule has 204 valence electrons. The predicted octanol–water partition coefficient (Wildman–Crippen LogP) is 5.18. The highest BCUT2D eigenvalue weighted by Gasteiger charge is 2.18. The molecule has 0 spiro atoms. The number of ether oxygens (including phenoxy) is 3. The Morgan fingerprint density at radius 2 is 1.77 bits per heavy atom. The highest BCUT2D eigenvalue weighted by Crippen LogP contribution is 2.30. The molecule has 3 aromatic heterocycles. The van der Waals surface area contributed by atoms with Gasteiger partial charge in [0, 0.05) is 36.0 Å². The van der Waals surface area contributed by atoms with Crippen molar-refractivity contribution in [3.8, 4) is 22.6 Å². The SMILES string of the molecule is COc1cc(OC)cc(-c2cc3cnc(SC)nc3n(CCc3ccnc(NC(=O)OC(C)(C)C)c3)c2=O)c1. The van der Waals surface area contributed by atoms with E-state index in [0.29, 0.717) is 52.2 Å². The second-order valence-electron chi connectivity index (χ2n) is 9.68. The minimum atomic E-state index is -0.626. The number of aryl methyl sites for hydroxylation is 2. The van der Waals surface area contributed by atoms with Crippen LogP contribution in [0.2, 0.25) is 0 Å². The summed E-state index contributed by atoms with van der Waals surface area (Å²) in [5.41, 5.74) is 1.72. The Hall–Kier alpha value is -4.12. The maximum Gasteiger partial charge on any atom is 0.413 e. The Kier molecular flexibility index (Phi) is 8.39. The number of aromatic nitrogens is 4. The number of carbonyl (C=O) groups excluding carboxylic acids is 1. The summed E-state index contributed by atoms with van der Waals surface area (Å²) in [5, 5.41) is 3.95. The van der Waals surface area contributed by atoms with Crippen molar-refractivity contribution in [1.29, 1.82) is 0 Å². The van der Waals surface area contributed by atoms with Crippen LogP contribution in [0.5, 0.6) is 11.5 Å². The summed E-state index contributed by atoms with van der Waals surface area (Å²) in [6.45, 7) is 5.71. The number of methoxy groups -OCH3 is 2. The first-order valence-corrected chi connectivity index (χ1v) is 13.5. The van der Waals surface area contributed by atoms with Crippen LogP contribution >= 0.6 is 11.8 Å². The number of nitrogens with one attached hydrogen (secondary N) is 1. The monoisotopic (exact) mass is 549 g/mol. The molecular weight excluding hydrogens is 518 g/mol. The van der Waals surface area contributed by atoms with Crippen LogP contribution in [0.4, 0.5) is 10.6 Å². The molecule has 0 unspecified atom stereocenters. The number of benzene rings is 1. The Labute approximate surface area is 230 Å². The van der Waals surface area contributed by atoms with Gasteiger partial charge in [-0.3, -0.25) is 14.7 Å². The van der Waals surface area contributed by atoms with E-state index >= 15 is 0 Å². The fourth-order valence-corrected chi connectivity index (χ4v) is 4.30. The lowest BCUT2D eigenvalue weighted by Gasteiger charge is -2.19. The number of rotatable bonds is 8. The lowest BCUT2D eigenvalue weighted by molar-refractivity contribution is 0.0635. The molecule has 0 aliphatic rings. The Balaban J connectivity index is 1.71. The largest absolute Gasteiger partial charge is 0.497 e. The Bertz CT molecular complexity index is 1540. The normalized spacial score (nSPS) is 11.3. The van der Waals surface area contributed by atoms with Crippen LogP contribution < -0.4 is 20.3 Å². The van der Waals surface area contributed by atoms with Gasteiger partial charge in [0.1, 0.15) is 28.6 Å². The highest BCUT2D eigenvalue weighted by molar-refractivity contribution is 7.98. The van der Waals surface area contributed by atoms with Crippen LogP contribution in [0.25, 0.3) is 22.2 Å². The zero-order valence-corrected chi connectivity index (χ0v) is 23.6. The summed E-state index contributed by atoms with van der Waals surface area (Å²) < 4.78 is 17.8. The van der Waals surface area contributed by atoms with Gasteiger partial charge in [-0.1, -0.05) is 11.8 Å². The molecule has 4 rings (SSSR count). The van der Waals surface area contributed by atoms with Crippen LogP contribution in [0.1, 0.15) is 26.3 Å². The Morgan fingerprint density at radius 3 is 2.41 bits per heavy atom. The lowest BCUT2D eigenvalue weighted by Crippen LogP contribution is -2.27. The molecule has 0 saturated heterocycles. The van der Waals surface area contributed by atoms with E-state index in [-0.39, 0.29) is 5.56 Å². The van der Waals surface area contributed by atoms with Gasteiger partial charge in [-0.05, 0) is 74.9 Å². The molecule has 0 saturated carbocycles. The van der Waals surface area contributed by atoms with Gasteiger partial charge >= 0.3 is 6.09 Å². The second-order valence-corrected chi connectivity index (χ2v) is 10.5. The summed E-state index contributed by atoms with van der Waals surface area (Å²) in [6, 6.07) is 10.7. The number of anilines is 1. The predicted molar refractivity (Wildman–Crippen MR) is 152 cm³/mol. The third kappa shape index (κ3) is 6.85. The van der Waals surface area contributed by atoms with E-state index in [0.717, 1.165) is 10.9 Å². The lowest BCUT2D eigenvalue weighted by atomic mass is 10.0. The molecule has 0 aliphatic carbocycles. The van der Waals surface area contributed by atoms with Crippen molar-refractivity contribution in [2.75, 3.05) is 25.8 Å². The van der Waals surface area contributed by atoms with Crippen molar-refractivity contribution in [3.05, 3.63) is 64.7 Å². The number of hydrogen-bond acceptors (Lipinski definition) is 9. The summed E-state index contributed by atoms with van der Waals surface area (Å²) in [7, 11) is 3.13. The molecule has 0 atom stereocenters. The highest BCUT2D eigenvalue weighted by atomic mass is 32.2. The van der Waals surface area contributed by atoms with Crippen molar-refractivity contribution >= 4 is 34.7 Å². The molecule has 0 aliphatic heterocycles. The fraction of sp³-hybridized carbons (Fsp3) is 0.321. The average molecular weight is 550 g/mol. The summed E-state index contributed by atoms with van der Waals surface area (Å²) in [5.74, 6) is 1.51. The number of thioether (sulfide) groups is 1. The molecule has 1 N–H and O–H groups in total. The van der Waals surface area contributed by atoms with E-state index in [2.05, 4.69) is 20.3 Å². The van der Waals surface area contributed by atoms with Crippen molar-refractivity contribution in [3.63, 3.8) is 0 Å². The molecule has 0 fully saturated rings. The second kappa shape index (κ2) is 11.7. The van der Waals surface area contributed by atoms with Gasteiger partial charge < -0.3 is 14.2 Å². The molecule has 1 aromatic carbocycles. The first-order valence-electron chi connectivity index (χ1n) is 12.2. The standard InChI is InChI=1S/C28H31N5O5S/c1-28(2,3)38-27(35)31-23-11-17(7-9-29-23)8-10-33-24-19(16-30-26(32-24)39-6)14-22(25(33)34)18-12-20(36-4)15-21(13-18)37-5/h7,9,11-16H,8,10H2,1-6H3,(H,29,31,35). The van der Waals surface area contributed by atoms with Crippen LogP contribution in [0, 0.1) is 0 Å². The van der Waals surface area contributed by atoms with Crippen molar-refractivity contribution in [1.82, 2.24) is 19.5 Å². The molecule has 39 heavy (non-hydrogen) atoms. The number of hydrogen-bond donors (Lipinski definition) is 1. The zero-order valence-electron chi connectivity index (χ0n) is 22.8. The quantitative estimate of drug-likeness (QED) is 0.234. The molecule has 3 heterocycles.